The standard InChI is InChI=1S/C29H34BrN3O2/c1-29-12-11-21-22(24(29)9-10-25(29)27(34)17-33-14-13-31-32-33)8-7-20-15-28(26(30)16-23(20)21)35-18-19-5-3-2-4-6-19/h2-6,13-16,21-22,24-25,27,34H,7-12,17-18H2,1H3/t21-,22+,24-,25+,27?,29-/m0/s1. The fourth-order valence-electron chi connectivity index (χ4n) is 7.74. The number of aromatic nitrogens is 3. The number of halogens is 1. The highest BCUT2D eigenvalue weighted by molar-refractivity contribution is 9.10. The third-order valence-electron chi connectivity index (χ3n) is 9.40. The van der Waals surface area contributed by atoms with Crippen molar-refractivity contribution in [1.82, 2.24) is 15.0 Å². The van der Waals surface area contributed by atoms with E-state index in [9.17, 15) is 5.11 Å². The fourth-order valence-corrected chi connectivity index (χ4v) is 8.21. The van der Waals surface area contributed by atoms with Crippen molar-refractivity contribution in [2.24, 2.45) is 23.2 Å². The van der Waals surface area contributed by atoms with Crippen LogP contribution in [0, 0.1) is 23.2 Å². The average molecular weight is 537 g/mol. The van der Waals surface area contributed by atoms with Crippen LogP contribution in [0.15, 0.2) is 59.3 Å². The van der Waals surface area contributed by atoms with Crippen LogP contribution in [-0.4, -0.2) is 26.2 Å². The summed E-state index contributed by atoms with van der Waals surface area (Å²) in [4.78, 5) is 0. The number of nitrogens with zero attached hydrogens (tertiary/aromatic N) is 3. The summed E-state index contributed by atoms with van der Waals surface area (Å²) >= 11 is 3.82. The van der Waals surface area contributed by atoms with E-state index in [0.717, 1.165) is 23.1 Å². The minimum absolute atomic E-state index is 0.203. The molecule has 6 rings (SSSR count). The molecule has 5 nitrogen and oxygen atoms in total. The molecule has 6 heteroatoms. The summed E-state index contributed by atoms with van der Waals surface area (Å²) < 4.78 is 9.05. The van der Waals surface area contributed by atoms with Gasteiger partial charge in [0.1, 0.15) is 12.4 Å². The summed E-state index contributed by atoms with van der Waals surface area (Å²) in [5, 5.41) is 19.2. The van der Waals surface area contributed by atoms with Gasteiger partial charge in [-0.15, -0.1) is 5.10 Å². The molecule has 0 radical (unpaired) electrons. The van der Waals surface area contributed by atoms with Crippen molar-refractivity contribution < 1.29 is 9.84 Å². The van der Waals surface area contributed by atoms with Gasteiger partial charge in [0.2, 0.25) is 0 Å². The number of benzene rings is 2. The Morgan fingerprint density at radius 2 is 2.03 bits per heavy atom. The second-order valence-electron chi connectivity index (χ2n) is 11.1. The van der Waals surface area contributed by atoms with Crippen molar-refractivity contribution in [3.8, 4) is 5.75 Å². The van der Waals surface area contributed by atoms with Gasteiger partial charge < -0.3 is 9.84 Å². The number of hydrogen-bond donors (Lipinski definition) is 1. The fraction of sp³-hybridized carbons (Fsp3) is 0.517. The number of aliphatic hydroxyl groups excluding tert-OH is 1. The molecule has 2 aromatic carbocycles. The van der Waals surface area contributed by atoms with Gasteiger partial charge in [-0.1, -0.05) is 42.5 Å². The molecular weight excluding hydrogens is 502 g/mol. The monoisotopic (exact) mass is 535 g/mol. The van der Waals surface area contributed by atoms with E-state index in [2.05, 4.69) is 69.6 Å². The van der Waals surface area contributed by atoms with E-state index in [-0.39, 0.29) is 11.5 Å². The molecule has 0 amide bonds. The van der Waals surface area contributed by atoms with Gasteiger partial charge in [0, 0.05) is 6.20 Å². The Labute approximate surface area is 216 Å². The number of rotatable bonds is 6. The number of aryl methyl sites for hydroxylation is 1. The van der Waals surface area contributed by atoms with Crippen LogP contribution in [-0.2, 0) is 19.6 Å². The van der Waals surface area contributed by atoms with Gasteiger partial charge in [0.15, 0.2) is 0 Å². The Bertz CT molecular complexity index is 1170. The molecule has 35 heavy (non-hydrogen) atoms. The summed E-state index contributed by atoms with van der Waals surface area (Å²) in [7, 11) is 0. The highest BCUT2D eigenvalue weighted by Crippen LogP contribution is 2.63. The Balaban J connectivity index is 1.19. The second-order valence-corrected chi connectivity index (χ2v) is 11.9. The van der Waals surface area contributed by atoms with Gasteiger partial charge >= 0.3 is 0 Å². The first-order valence-corrected chi connectivity index (χ1v) is 13.8. The number of hydrogen-bond acceptors (Lipinski definition) is 4. The topological polar surface area (TPSA) is 60.2 Å². The third kappa shape index (κ3) is 4.23. The minimum atomic E-state index is -0.363. The molecule has 3 aliphatic carbocycles. The van der Waals surface area contributed by atoms with Crippen LogP contribution in [0.25, 0.3) is 0 Å². The van der Waals surface area contributed by atoms with E-state index < -0.39 is 0 Å². The number of aliphatic hydroxyl groups is 1. The number of ether oxygens (including phenoxy) is 1. The van der Waals surface area contributed by atoms with Crippen LogP contribution in [0.3, 0.4) is 0 Å². The summed E-state index contributed by atoms with van der Waals surface area (Å²) in [5.74, 6) is 3.27. The Hall–Kier alpha value is -2.18. The van der Waals surface area contributed by atoms with Gasteiger partial charge in [-0.25, -0.2) is 4.68 Å². The second kappa shape index (κ2) is 9.36. The largest absolute Gasteiger partial charge is 0.488 e. The van der Waals surface area contributed by atoms with Crippen molar-refractivity contribution in [3.63, 3.8) is 0 Å². The molecule has 6 atom stereocenters. The molecule has 1 aromatic heterocycles. The molecular formula is C29H34BrN3O2. The van der Waals surface area contributed by atoms with E-state index in [0.29, 0.717) is 36.8 Å². The molecule has 1 heterocycles. The molecule has 0 aliphatic heterocycles. The zero-order valence-corrected chi connectivity index (χ0v) is 21.9. The lowest BCUT2D eigenvalue weighted by Gasteiger charge is -2.51. The maximum absolute atomic E-state index is 11.2. The van der Waals surface area contributed by atoms with Gasteiger partial charge in [-0.05, 0) is 112 Å². The number of fused-ring (bicyclic) bond motifs is 5. The van der Waals surface area contributed by atoms with E-state index in [1.165, 1.54) is 42.4 Å². The Kier molecular flexibility index (Phi) is 6.21. The van der Waals surface area contributed by atoms with Crippen LogP contribution >= 0.6 is 15.9 Å². The molecule has 2 fully saturated rings. The van der Waals surface area contributed by atoms with Gasteiger partial charge in [0.05, 0.1) is 23.3 Å². The normalized spacial score (nSPS) is 30.3. The van der Waals surface area contributed by atoms with Crippen molar-refractivity contribution in [1.29, 1.82) is 0 Å². The van der Waals surface area contributed by atoms with Gasteiger partial charge in [-0.2, -0.15) is 0 Å². The van der Waals surface area contributed by atoms with Crippen LogP contribution in [0.2, 0.25) is 0 Å². The van der Waals surface area contributed by atoms with Crippen molar-refractivity contribution in [3.05, 3.63) is 76.0 Å². The average Bonchev–Trinajstić information content (AvgIpc) is 3.50. The van der Waals surface area contributed by atoms with Crippen molar-refractivity contribution in [2.45, 2.75) is 70.6 Å². The maximum atomic E-state index is 11.2. The smallest absolute Gasteiger partial charge is 0.134 e. The lowest BCUT2D eigenvalue weighted by Crippen LogP contribution is -2.45. The summed E-state index contributed by atoms with van der Waals surface area (Å²) in [6.45, 7) is 3.59. The molecule has 0 bridgehead atoms. The Morgan fingerprint density at radius 1 is 1.17 bits per heavy atom. The zero-order valence-electron chi connectivity index (χ0n) is 20.3. The molecule has 1 unspecified atom stereocenters. The lowest BCUT2D eigenvalue weighted by atomic mass is 9.53. The third-order valence-corrected chi connectivity index (χ3v) is 10.0. The van der Waals surface area contributed by atoms with E-state index >= 15 is 0 Å². The molecule has 184 valence electrons. The quantitative estimate of drug-likeness (QED) is 0.411. The highest BCUT2D eigenvalue weighted by atomic mass is 79.9. The van der Waals surface area contributed by atoms with Gasteiger partial charge in [0.25, 0.3) is 0 Å². The van der Waals surface area contributed by atoms with Crippen molar-refractivity contribution >= 4 is 15.9 Å². The lowest BCUT2D eigenvalue weighted by molar-refractivity contribution is -0.0308. The van der Waals surface area contributed by atoms with Crippen molar-refractivity contribution in [2.75, 3.05) is 0 Å². The van der Waals surface area contributed by atoms with E-state index in [1.54, 1.807) is 10.9 Å². The first-order valence-electron chi connectivity index (χ1n) is 13.0. The first kappa shape index (κ1) is 23.2. The maximum Gasteiger partial charge on any atom is 0.134 e. The molecule has 3 aliphatic rings. The van der Waals surface area contributed by atoms with Crippen LogP contribution in [0.5, 0.6) is 5.75 Å². The molecule has 0 saturated heterocycles. The van der Waals surface area contributed by atoms with E-state index in [1.807, 2.05) is 12.3 Å². The first-order chi connectivity index (χ1) is 17.0. The van der Waals surface area contributed by atoms with Crippen LogP contribution in [0.1, 0.15) is 61.6 Å². The minimum Gasteiger partial charge on any atom is -0.488 e. The molecule has 2 saturated carbocycles. The predicted molar refractivity (Wildman–Crippen MR) is 139 cm³/mol. The summed E-state index contributed by atoms with van der Waals surface area (Å²) in [6, 6.07) is 15.0. The zero-order chi connectivity index (χ0) is 24.0. The predicted octanol–water partition coefficient (Wildman–Crippen LogP) is 6.15. The highest BCUT2D eigenvalue weighted by Gasteiger charge is 2.56. The molecule has 0 spiro atoms. The molecule has 3 aromatic rings. The van der Waals surface area contributed by atoms with E-state index in [4.69, 9.17) is 4.74 Å². The van der Waals surface area contributed by atoms with Gasteiger partial charge in [-0.3, -0.25) is 0 Å². The summed E-state index contributed by atoms with van der Waals surface area (Å²) in [5.41, 5.74) is 4.37. The molecule has 1 N–H and O–H groups in total. The van der Waals surface area contributed by atoms with Crippen LogP contribution in [0.4, 0.5) is 0 Å². The van der Waals surface area contributed by atoms with Crippen LogP contribution < -0.4 is 4.74 Å². The Morgan fingerprint density at radius 3 is 2.83 bits per heavy atom. The SMILES string of the molecule is C[C@]12CC[C@@H]3c4cc(Br)c(OCc5ccccc5)cc4CC[C@H]3[C@@H]1CC[C@@H]2C(O)Cn1ccnn1. The summed E-state index contributed by atoms with van der Waals surface area (Å²) in [6.07, 6.45) is 10.3.